The number of ether oxygens (including phenoxy) is 2. The van der Waals surface area contributed by atoms with Crippen LogP contribution in [-0.2, 0) is 4.79 Å². The molecule has 1 amide bonds. The predicted molar refractivity (Wildman–Crippen MR) is 111 cm³/mol. The van der Waals surface area contributed by atoms with Crippen LogP contribution in [0.3, 0.4) is 0 Å². The van der Waals surface area contributed by atoms with Gasteiger partial charge in [-0.25, -0.2) is 4.98 Å². The molecule has 148 valence electrons. The van der Waals surface area contributed by atoms with Gasteiger partial charge in [0.2, 0.25) is 0 Å². The first-order chi connectivity index (χ1) is 13.5. The Morgan fingerprint density at radius 1 is 1.04 bits per heavy atom. The number of carbonyl (C=O) groups is 1. The van der Waals surface area contributed by atoms with Crippen LogP contribution in [0.1, 0.15) is 26.3 Å². The van der Waals surface area contributed by atoms with Crippen molar-refractivity contribution in [2.24, 2.45) is 0 Å². The first-order valence-corrected chi connectivity index (χ1v) is 9.69. The average molecular weight is 381 g/mol. The maximum Gasteiger partial charge on any atom is 0.260 e. The van der Waals surface area contributed by atoms with E-state index in [4.69, 9.17) is 9.47 Å². The first-order valence-electron chi connectivity index (χ1n) is 9.69. The highest BCUT2D eigenvalue weighted by Crippen LogP contribution is 2.32. The highest BCUT2D eigenvalue weighted by Gasteiger charge is 2.14. The van der Waals surface area contributed by atoms with Crippen LogP contribution in [0.25, 0.3) is 22.4 Å². The molecular formula is C22H27N3O3. The Kier molecular flexibility index (Phi) is 6.19. The molecule has 0 saturated carbocycles. The molecule has 0 aliphatic carbocycles. The second-order valence-corrected chi connectivity index (χ2v) is 6.56. The maximum absolute atomic E-state index is 12.2. The molecule has 3 aromatic rings. The summed E-state index contributed by atoms with van der Waals surface area (Å²) in [5.41, 5.74) is 4.00. The summed E-state index contributed by atoms with van der Waals surface area (Å²) in [5.74, 6) is 1.89. The van der Waals surface area contributed by atoms with Gasteiger partial charge in [-0.1, -0.05) is 6.07 Å². The summed E-state index contributed by atoms with van der Waals surface area (Å²) >= 11 is 0. The van der Waals surface area contributed by atoms with Gasteiger partial charge in [0.15, 0.2) is 18.1 Å². The number of nitrogens with one attached hydrogen (secondary N) is 1. The van der Waals surface area contributed by atoms with Crippen molar-refractivity contribution in [1.82, 2.24) is 14.9 Å². The van der Waals surface area contributed by atoms with E-state index in [0.717, 1.165) is 22.4 Å². The third-order valence-electron chi connectivity index (χ3n) is 4.62. The van der Waals surface area contributed by atoms with Gasteiger partial charge < -0.3 is 19.4 Å². The number of carbonyl (C=O) groups excluding carboxylic acids is 1. The summed E-state index contributed by atoms with van der Waals surface area (Å²) in [5, 5.41) is 0. The van der Waals surface area contributed by atoms with Gasteiger partial charge in [0.1, 0.15) is 5.82 Å². The first kappa shape index (κ1) is 19.7. The van der Waals surface area contributed by atoms with Crippen LogP contribution >= 0.6 is 0 Å². The van der Waals surface area contributed by atoms with E-state index in [2.05, 4.69) is 23.0 Å². The molecule has 3 rings (SSSR count). The molecule has 0 unspecified atom stereocenters. The number of likely N-dealkylation sites (N-methyl/N-ethyl adjacent to an activating group) is 1. The normalized spacial score (nSPS) is 10.9. The van der Waals surface area contributed by atoms with Gasteiger partial charge in [0, 0.05) is 18.7 Å². The number of hydrogen-bond donors (Lipinski definition) is 1. The van der Waals surface area contributed by atoms with Crippen LogP contribution in [0, 0.1) is 6.92 Å². The van der Waals surface area contributed by atoms with Crippen molar-refractivity contribution >= 4 is 16.9 Å². The van der Waals surface area contributed by atoms with E-state index >= 15 is 0 Å². The van der Waals surface area contributed by atoms with E-state index in [1.54, 1.807) is 4.90 Å². The van der Waals surface area contributed by atoms with Crippen molar-refractivity contribution < 1.29 is 14.3 Å². The number of aromatic nitrogens is 2. The number of imidazole rings is 1. The van der Waals surface area contributed by atoms with Crippen LogP contribution in [0.2, 0.25) is 0 Å². The molecule has 6 heteroatoms. The predicted octanol–water partition coefficient (Wildman–Crippen LogP) is 4.18. The Hall–Kier alpha value is -3.02. The highest BCUT2D eigenvalue weighted by atomic mass is 16.5. The SMILES string of the molecule is CCOc1cc(-c2nc3ccc(C)cc3[nH]2)ccc1OCC(=O)N(CC)CC. The van der Waals surface area contributed by atoms with Gasteiger partial charge in [-0.15, -0.1) is 0 Å². The van der Waals surface area contributed by atoms with E-state index in [1.807, 2.05) is 51.1 Å². The Morgan fingerprint density at radius 3 is 2.54 bits per heavy atom. The molecule has 1 N–H and O–H groups in total. The van der Waals surface area contributed by atoms with Gasteiger partial charge in [0.25, 0.3) is 5.91 Å². The number of amides is 1. The molecule has 0 saturated heterocycles. The fraction of sp³-hybridized carbons (Fsp3) is 0.364. The molecule has 6 nitrogen and oxygen atoms in total. The highest BCUT2D eigenvalue weighted by molar-refractivity contribution is 5.80. The molecule has 2 aromatic carbocycles. The monoisotopic (exact) mass is 381 g/mol. The van der Waals surface area contributed by atoms with Crippen LogP contribution in [0.4, 0.5) is 0 Å². The Bertz CT molecular complexity index is 961. The molecule has 0 aliphatic heterocycles. The van der Waals surface area contributed by atoms with Crippen molar-refractivity contribution in [3.8, 4) is 22.9 Å². The van der Waals surface area contributed by atoms with E-state index in [-0.39, 0.29) is 12.5 Å². The van der Waals surface area contributed by atoms with Crippen molar-refractivity contribution in [3.63, 3.8) is 0 Å². The topological polar surface area (TPSA) is 67.5 Å². The van der Waals surface area contributed by atoms with Gasteiger partial charge in [-0.05, 0) is 63.6 Å². The van der Waals surface area contributed by atoms with E-state index < -0.39 is 0 Å². The van der Waals surface area contributed by atoms with E-state index in [0.29, 0.717) is 31.2 Å². The van der Waals surface area contributed by atoms with E-state index in [1.165, 1.54) is 5.56 Å². The van der Waals surface area contributed by atoms with Crippen molar-refractivity contribution in [2.45, 2.75) is 27.7 Å². The number of H-pyrrole nitrogens is 1. The van der Waals surface area contributed by atoms with Gasteiger partial charge in [-0.2, -0.15) is 0 Å². The van der Waals surface area contributed by atoms with Crippen molar-refractivity contribution in [1.29, 1.82) is 0 Å². The summed E-state index contributed by atoms with van der Waals surface area (Å²) in [6.07, 6.45) is 0. The summed E-state index contributed by atoms with van der Waals surface area (Å²) in [4.78, 5) is 22.0. The molecule has 0 radical (unpaired) electrons. The number of hydrogen-bond acceptors (Lipinski definition) is 4. The fourth-order valence-electron chi connectivity index (χ4n) is 3.11. The minimum absolute atomic E-state index is 0.00891. The van der Waals surface area contributed by atoms with Crippen molar-refractivity contribution in [2.75, 3.05) is 26.3 Å². The third kappa shape index (κ3) is 4.27. The molecule has 0 bridgehead atoms. The summed E-state index contributed by atoms with van der Waals surface area (Å²) in [6, 6.07) is 11.8. The molecule has 1 aromatic heterocycles. The molecule has 0 atom stereocenters. The lowest BCUT2D eigenvalue weighted by Crippen LogP contribution is -2.34. The summed E-state index contributed by atoms with van der Waals surface area (Å²) < 4.78 is 11.5. The van der Waals surface area contributed by atoms with Crippen LogP contribution < -0.4 is 9.47 Å². The number of benzene rings is 2. The summed E-state index contributed by atoms with van der Waals surface area (Å²) in [7, 11) is 0. The van der Waals surface area contributed by atoms with Gasteiger partial charge in [-0.3, -0.25) is 4.79 Å². The zero-order valence-corrected chi connectivity index (χ0v) is 16.9. The number of rotatable bonds is 8. The lowest BCUT2D eigenvalue weighted by Gasteiger charge is -2.19. The van der Waals surface area contributed by atoms with Crippen LogP contribution in [-0.4, -0.2) is 47.1 Å². The maximum atomic E-state index is 12.2. The minimum atomic E-state index is -0.0378. The smallest absolute Gasteiger partial charge is 0.260 e. The Balaban J connectivity index is 1.84. The molecule has 0 aliphatic rings. The molecule has 0 fully saturated rings. The number of aryl methyl sites for hydroxylation is 1. The Morgan fingerprint density at radius 2 is 1.82 bits per heavy atom. The number of aromatic amines is 1. The quantitative estimate of drug-likeness (QED) is 0.635. The molecule has 0 spiro atoms. The lowest BCUT2D eigenvalue weighted by molar-refractivity contribution is -0.132. The van der Waals surface area contributed by atoms with E-state index in [9.17, 15) is 4.79 Å². The second-order valence-electron chi connectivity index (χ2n) is 6.56. The fourth-order valence-corrected chi connectivity index (χ4v) is 3.11. The molecule has 1 heterocycles. The number of nitrogens with zero attached hydrogens (tertiary/aromatic N) is 2. The average Bonchev–Trinajstić information content (AvgIpc) is 3.11. The van der Waals surface area contributed by atoms with Crippen LogP contribution in [0.15, 0.2) is 36.4 Å². The van der Waals surface area contributed by atoms with Crippen LogP contribution in [0.5, 0.6) is 11.5 Å². The molecular weight excluding hydrogens is 354 g/mol. The standard InChI is InChI=1S/C22H27N3O3/c1-5-25(6-2)21(26)14-28-19-11-9-16(13-20(19)27-7-3)22-23-17-10-8-15(4)12-18(17)24-22/h8-13H,5-7,14H2,1-4H3,(H,23,24). The zero-order chi connectivity index (χ0) is 20.1. The van der Waals surface area contributed by atoms with Crippen molar-refractivity contribution in [3.05, 3.63) is 42.0 Å². The zero-order valence-electron chi connectivity index (χ0n) is 16.9. The second kappa shape index (κ2) is 8.78. The largest absolute Gasteiger partial charge is 0.490 e. The summed E-state index contributed by atoms with van der Waals surface area (Å²) in [6.45, 7) is 9.71. The molecule has 28 heavy (non-hydrogen) atoms. The van der Waals surface area contributed by atoms with Gasteiger partial charge >= 0.3 is 0 Å². The number of fused-ring (bicyclic) bond motifs is 1. The lowest BCUT2D eigenvalue weighted by atomic mass is 10.2. The Labute approximate surface area is 165 Å². The third-order valence-corrected chi connectivity index (χ3v) is 4.62. The minimum Gasteiger partial charge on any atom is -0.490 e. The van der Waals surface area contributed by atoms with Gasteiger partial charge in [0.05, 0.1) is 17.6 Å².